The first kappa shape index (κ1) is 11.8. The molecule has 0 fully saturated rings. The third kappa shape index (κ3) is 1.75. The van der Waals surface area contributed by atoms with Crippen molar-refractivity contribution in [3.8, 4) is 0 Å². The normalized spacial score (nSPS) is 15.0. The fourth-order valence-corrected chi connectivity index (χ4v) is 3.31. The second-order valence-electron chi connectivity index (χ2n) is 5.49. The average Bonchev–Trinajstić information content (AvgIpc) is 2.72. The van der Waals surface area contributed by atoms with Gasteiger partial charge in [-0.2, -0.15) is 0 Å². The molecule has 0 radical (unpaired) electrons. The molecule has 2 heteroatoms. The summed E-state index contributed by atoms with van der Waals surface area (Å²) in [4.78, 5) is 4.40. The van der Waals surface area contributed by atoms with Gasteiger partial charge in [-0.1, -0.05) is 13.3 Å². The highest BCUT2D eigenvalue weighted by Gasteiger charge is 2.20. The minimum atomic E-state index is 1.17. The van der Waals surface area contributed by atoms with Crippen LogP contribution >= 0.6 is 0 Å². The average molecular weight is 242 g/mol. The van der Waals surface area contributed by atoms with Crippen LogP contribution in [0, 0.1) is 6.92 Å². The van der Waals surface area contributed by atoms with E-state index in [2.05, 4.69) is 29.6 Å². The fraction of sp³-hybridized carbons (Fsp3) is 0.562. The Bertz CT molecular complexity index is 566. The quantitative estimate of drug-likeness (QED) is 0.794. The van der Waals surface area contributed by atoms with Crippen LogP contribution in [0.15, 0.2) is 12.4 Å². The second-order valence-corrected chi connectivity index (χ2v) is 5.49. The maximum atomic E-state index is 4.40. The van der Waals surface area contributed by atoms with E-state index in [4.69, 9.17) is 0 Å². The molecule has 3 rings (SSSR count). The first-order valence-corrected chi connectivity index (χ1v) is 7.27. The molecular weight excluding hydrogens is 220 g/mol. The lowest BCUT2D eigenvalue weighted by Gasteiger charge is -2.16. The molecule has 2 heterocycles. The molecule has 2 aromatic heterocycles. The zero-order valence-corrected chi connectivity index (χ0v) is 11.5. The summed E-state index contributed by atoms with van der Waals surface area (Å²) in [5, 5.41) is 1.42. The van der Waals surface area contributed by atoms with E-state index >= 15 is 0 Å². The van der Waals surface area contributed by atoms with Crippen molar-refractivity contribution >= 4 is 10.9 Å². The first-order valence-electron chi connectivity index (χ1n) is 7.27. The third-order valence-corrected chi connectivity index (χ3v) is 4.20. The van der Waals surface area contributed by atoms with E-state index in [0.717, 1.165) is 0 Å². The summed E-state index contributed by atoms with van der Waals surface area (Å²) in [6.45, 7) is 5.64. The van der Waals surface area contributed by atoms with Crippen LogP contribution in [0.2, 0.25) is 0 Å². The molecule has 0 atom stereocenters. The number of nitrogens with zero attached hydrogens (tertiary/aromatic N) is 2. The van der Waals surface area contributed by atoms with Gasteiger partial charge < -0.3 is 4.57 Å². The van der Waals surface area contributed by atoms with Crippen molar-refractivity contribution in [3.05, 3.63) is 29.2 Å². The standard InChI is InChI=1S/C16H22N2/c1-3-4-9-18-15-8-6-5-7-13(15)14-11-17-10-12(2)16(14)18/h10-11H,3-9H2,1-2H3. The zero-order chi connectivity index (χ0) is 12.5. The van der Waals surface area contributed by atoms with Gasteiger partial charge in [0, 0.05) is 30.0 Å². The Hall–Kier alpha value is -1.31. The summed E-state index contributed by atoms with van der Waals surface area (Å²) in [5.74, 6) is 0. The van der Waals surface area contributed by atoms with Crippen molar-refractivity contribution in [2.75, 3.05) is 0 Å². The third-order valence-electron chi connectivity index (χ3n) is 4.20. The lowest BCUT2D eigenvalue weighted by Crippen LogP contribution is -2.08. The van der Waals surface area contributed by atoms with Crippen molar-refractivity contribution < 1.29 is 0 Å². The van der Waals surface area contributed by atoms with Crippen molar-refractivity contribution in [3.63, 3.8) is 0 Å². The van der Waals surface area contributed by atoms with E-state index in [1.165, 1.54) is 61.5 Å². The van der Waals surface area contributed by atoms with Crippen LogP contribution in [0.1, 0.15) is 49.4 Å². The van der Waals surface area contributed by atoms with Crippen LogP contribution in [0.4, 0.5) is 0 Å². The summed E-state index contributed by atoms with van der Waals surface area (Å²) in [7, 11) is 0. The van der Waals surface area contributed by atoms with E-state index in [9.17, 15) is 0 Å². The van der Waals surface area contributed by atoms with Gasteiger partial charge >= 0.3 is 0 Å². The fourth-order valence-electron chi connectivity index (χ4n) is 3.31. The molecule has 0 N–H and O–H groups in total. The number of pyridine rings is 1. The number of hydrogen-bond acceptors (Lipinski definition) is 1. The van der Waals surface area contributed by atoms with Crippen LogP contribution in [0.3, 0.4) is 0 Å². The molecule has 0 saturated heterocycles. The van der Waals surface area contributed by atoms with Crippen molar-refractivity contribution in [2.45, 2.75) is 58.9 Å². The predicted octanol–water partition coefficient (Wildman–Crippen LogP) is 4.02. The summed E-state index contributed by atoms with van der Waals surface area (Å²) >= 11 is 0. The molecule has 0 unspecified atom stereocenters. The number of unbranched alkanes of at least 4 members (excludes halogenated alkanes) is 1. The van der Waals surface area contributed by atoms with Gasteiger partial charge in [0.05, 0.1) is 5.52 Å². The lowest BCUT2D eigenvalue weighted by molar-refractivity contribution is 0.586. The van der Waals surface area contributed by atoms with Gasteiger partial charge in [-0.25, -0.2) is 0 Å². The Labute approximate surface area is 109 Å². The molecule has 1 aliphatic carbocycles. The first-order chi connectivity index (χ1) is 8.83. The zero-order valence-electron chi connectivity index (χ0n) is 11.5. The summed E-state index contributed by atoms with van der Waals surface area (Å²) < 4.78 is 2.59. The van der Waals surface area contributed by atoms with Gasteiger partial charge in [0.15, 0.2) is 0 Å². The smallest absolute Gasteiger partial charge is 0.0546 e. The summed E-state index contributed by atoms with van der Waals surface area (Å²) in [6.07, 6.45) is 11.8. The molecule has 0 amide bonds. The van der Waals surface area contributed by atoms with Crippen molar-refractivity contribution in [1.29, 1.82) is 0 Å². The van der Waals surface area contributed by atoms with Gasteiger partial charge in [-0.15, -0.1) is 0 Å². The second kappa shape index (κ2) is 4.75. The highest BCUT2D eigenvalue weighted by Crippen LogP contribution is 2.33. The highest BCUT2D eigenvalue weighted by molar-refractivity contribution is 5.87. The number of fused-ring (bicyclic) bond motifs is 3. The molecule has 96 valence electrons. The van der Waals surface area contributed by atoms with E-state index < -0.39 is 0 Å². The maximum Gasteiger partial charge on any atom is 0.0546 e. The largest absolute Gasteiger partial charge is 0.344 e. The molecular formula is C16H22N2. The Morgan fingerprint density at radius 3 is 2.89 bits per heavy atom. The Kier molecular flexibility index (Phi) is 3.11. The van der Waals surface area contributed by atoms with Crippen LogP contribution < -0.4 is 0 Å². The number of rotatable bonds is 3. The minimum Gasteiger partial charge on any atom is -0.344 e. The Morgan fingerprint density at radius 2 is 2.06 bits per heavy atom. The van der Waals surface area contributed by atoms with Gasteiger partial charge in [0.2, 0.25) is 0 Å². The molecule has 18 heavy (non-hydrogen) atoms. The van der Waals surface area contributed by atoms with E-state index in [1.54, 1.807) is 11.3 Å². The number of aryl methyl sites for hydroxylation is 3. The van der Waals surface area contributed by atoms with Crippen molar-refractivity contribution in [2.24, 2.45) is 0 Å². The molecule has 1 aliphatic rings. The topological polar surface area (TPSA) is 17.8 Å². The molecule has 2 nitrogen and oxygen atoms in total. The van der Waals surface area contributed by atoms with Gasteiger partial charge in [0.1, 0.15) is 0 Å². The van der Waals surface area contributed by atoms with Gasteiger partial charge in [-0.05, 0) is 50.2 Å². The summed E-state index contributed by atoms with van der Waals surface area (Å²) in [5.41, 5.74) is 5.97. The van der Waals surface area contributed by atoms with Crippen LogP contribution in [0.5, 0.6) is 0 Å². The van der Waals surface area contributed by atoms with E-state index in [1.807, 2.05) is 6.20 Å². The van der Waals surface area contributed by atoms with Gasteiger partial charge in [-0.3, -0.25) is 4.98 Å². The van der Waals surface area contributed by atoms with Gasteiger partial charge in [0.25, 0.3) is 0 Å². The van der Waals surface area contributed by atoms with Crippen molar-refractivity contribution in [1.82, 2.24) is 9.55 Å². The molecule has 2 aromatic rings. The Balaban J connectivity index is 2.23. The lowest BCUT2D eigenvalue weighted by atomic mass is 9.96. The maximum absolute atomic E-state index is 4.40. The Morgan fingerprint density at radius 1 is 1.22 bits per heavy atom. The SMILES string of the molecule is CCCCn1c2c(c3cncc(C)c31)CCCC2. The van der Waals surface area contributed by atoms with Crippen LogP contribution in [-0.4, -0.2) is 9.55 Å². The van der Waals surface area contributed by atoms with Crippen LogP contribution in [0.25, 0.3) is 10.9 Å². The molecule has 0 aromatic carbocycles. The molecule has 0 aliphatic heterocycles. The number of hydrogen-bond donors (Lipinski definition) is 0. The van der Waals surface area contributed by atoms with E-state index in [0.29, 0.717) is 0 Å². The minimum absolute atomic E-state index is 1.17. The molecule has 0 spiro atoms. The monoisotopic (exact) mass is 242 g/mol. The predicted molar refractivity (Wildman–Crippen MR) is 76.0 cm³/mol. The van der Waals surface area contributed by atoms with E-state index in [-0.39, 0.29) is 0 Å². The van der Waals surface area contributed by atoms with Crippen LogP contribution in [-0.2, 0) is 19.4 Å². The number of aromatic nitrogens is 2. The highest BCUT2D eigenvalue weighted by atomic mass is 15.0. The molecule has 0 bridgehead atoms. The summed E-state index contributed by atoms with van der Waals surface area (Å²) in [6, 6.07) is 0. The molecule has 0 saturated carbocycles.